The van der Waals surface area contributed by atoms with Gasteiger partial charge in [-0.1, -0.05) is 6.07 Å². The molecule has 0 spiro atoms. The van der Waals surface area contributed by atoms with Gasteiger partial charge in [-0.25, -0.2) is 4.39 Å². The predicted molar refractivity (Wildman–Crippen MR) is 96.2 cm³/mol. The van der Waals surface area contributed by atoms with Gasteiger partial charge in [-0.2, -0.15) is 0 Å². The minimum Gasteiger partial charge on any atom is -0.361 e. The third kappa shape index (κ3) is 4.06. The van der Waals surface area contributed by atoms with E-state index in [1.165, 1.54) is 23.5 Å². The Morgan fingerprint density at radius 1 is 1.32 bits per heavy atom. The molecule has 3 N–H and O–H groups in total. The van der Waals surface area contributed by atoms with Crippen LogP contribution >= 0.6 is 11.3 Å². The smallest absolute Gasteiger partial charge is 0.261 e. The number of aromatic nitrogens is 1. The van der Waals surface area contributed by atoms with Gasteiger partial charge in [-0.15, -0.1) is 11.3 Å². The molecule has 0 fully saturated rings. The number of carbonyl (C=O) groups excluding carboxylic acids is 2. The van der Waals surface area contributed by atoms with E-state index in [-0.39, 0.29) is 17.6 Å². The molecule has 0 aliphatic rings. The van der Waals surface area contributed by atoms with Gasteiger partial charge in [-0.3, -0.25) is 9.59 Å². The van der Waals surface area contributed by atoms with Crippen LogP contribution in [0.15, 0.2) is 41.9 Å². The summed E-state index contributed by atoms with van der Waals surface area (Å²) in [6.45, 7) is 2.08. The Labute approximate surface area is 148 Å². The second-order valence-electron chi connectivity index (χ2n) is 5.72. The molecular weight excluding hydrogens is 341 g/mol. The molecule has 1 unspecified atom stereocenters. The van der Waals surface area contributed by atoms with E-state index in [9.17, 15) is 14.0 Å². The monoisotopic (exact) mass is 359 g/mol. The Balaban J connectivity index is 1.50. The zero-order chi connectivity index (χ0) is 17.8. The summed E-state index contributed by atoms with van der Waals surface area (Å²) < 4.78 is 13.2. The van der Waals surface area contributed by atoms with Crippen LogP contribution in [0.25, 0.3) is 10.9 Å². The molecular formula is C18H18FN3O2S. The average molecular weight is 359 g/mol. The summed E-state index contributed by atoms with van der Waals surface area (Å²) in [5.74, 6) is -0.781. The van der Waals surface area contributed by atoms with Crippen molar-refractivity contribution in [3.8, 4) is 0 Å². The molecule has 0 radical (unpaired) electrons. The van der Waals surface area contributed by atoms with Gasteiger partial charge in [0.1, 0.15) is 11.9 Å². The molecule has 0 aliphatic heterocycles. The number of amides is 2. The summed E-state index contributed by atoms with van der Waals surface area (Å²) in [6, 6.07) is 7.47. The van der Waals surface area contributed by atoms with E-state index >= 15 is 0 Å². The van der Waals surface area contributed by atoms with Crippen LogP contribution < -0.4 is 10.6 Å². The van der Waals surface area contributed by atoms with Gasteiger partial charge in [0.2, 0.25) is 5.91 Å². The van der Waals surface area contributed by atoms with Crippen LogP contribution in [0.1, 0.15) is 22.2 Å². The van der Waals surface area contributed by atoms with Crippen LogP contribution in [0.5, 0.6) is 0 Å². The van der Waals surface area contributed by atoms with Gasteiger partial charge in [-0.05, 0) is 48.6 Å². The summed E-state index contributed by atoms with van der Waals surface area (Å²) in [6.07, 6.45) is 2.43. The SMILES string of the molecule is CC(NC(=O)c1cccs1)C(=O)NCCc1c[nH]c2cc(F)ccc12. The molecule has 5 nitrogen and oxygen atoms in total. The van der Waals surface area contributed by atoms with Crippen LogP contribution in [0, 0.1) is 5.82 Å². The van der Waals surface area contributed by atoms with Crippen molar-refractivity contribution in [1.82, 2.24) is 15.6 Å². The number of thiophene rings is 1. The molecule has 2 heterocycles. The van der Waals surface area contributed by atoms with Gasteiger partial charge in [0.25, 0.3) is 5.91 Å². The van der Waals surface area contributed by atoms with Crippen LogP contribution in [-0.2, 0) is 11.2 Å². The average Bonchev–Trinajstić information content (AvgIpc) is 3.24. The first-order valence-corrected chi connectivity index (χ1v) is 8.80. The maximum Gasteiger partial charge on any atom is 0.261 e. The lowest BCUT2D eigenvalue weighted by Crippen LogP contribution is -2.45. The van der Waals surface area contributed by atoms with E-state index in [4.69, 9.17) is 0 Å². The zero-order valence-electron chi connectivity index (χ0n) is 13.6. The van der Waals surface area contributed by atoms with Crippen molar-refractivity contribution in [2.45, 2.75) is 19.4 Å². The van der Waals surface area contributed by atoms with Crippen molar-refractivity contribution in [2.75, 3.05) is 6.54 Å². The van der Waals surface area contributed by atoms with E-state index in [0.29, 0.717) is 17.8 Å². The molecule has 3 aromatic rings. The van der Waals surface area contributed by atoms with Gasteiger partial charge < -0.3 is 15.6 Å². The predicted octanol–water partition coefficient (Wildman–Crippen LogP) is 2.85. The summed E-state index contributed by atoms with van der Waals surface area (Å²) in [4.78, 5) is 27.6. The number of benzene rings is 1. The van der Waals surface area contributed by atoms with Gasteiger partial charge in [0, 0.05) is 23.6 Å². The van der Waals surface area contributed by atoms with E-state index < -0.39 is 6.04 Å². The number of rotatable bonds is 6. The normalized spacial score (nSPS) is 12.1. The number of hydrogen-bond acceptors (Lipinski definition) is 3. The fraction of sp³-hybridized carbons (Fsp3) is 0.222. The maximum atomic E-state index is 13.2. The van der Waals surface area contributed by atoms with Crippen LogP contribution in [0.4, 0.5) is 4.39 Å². The number of carbonyl (C=O) groups is 2. The lowest BCUT2D eigenvalue weighted by atomic mass is 10.1. The van der Waals surface area contributed by atoms with Crippen molar-refractivity contribution >= 4 is 34.1 Å². The van der Waals surface area contributed by atoms with Crippen LogP contribution in [0.3, 0.4) is 0 Å². The van der Waals surface area contributed by atoms with Crippen molar-refractivity contribution in [3.63, 3.8) is 0 Å². The van der Waals surface area contributed by atoms with E-state index in [2.05, 4.69) is 15.6 Å². The summed E-state index contributed by atoms with van der Waals surface area (Å²) in [7, 11) is 0. The highest BCUT2D eigenvalue weighted by Crippen LogP contribution is 2.19. The lowest BCUT2D eigenvalue weighted by molar-refractivity contribution is -0.122. The number of H-pyrrole nitrogens is 1. The van der Waals surface area contributed by atoms with Gasteiger partial charge in [0.15, 0.2) is 0 Å². The summed E-state index contributed by atoms with van der Waals surface area (Å²) in [5, 5.41) is 8.23. The number of fused-ring (bicyclic) bond motifs is 1. The molecule has 0 bridgehead atoms. The Bertz CT molecular complexity index is 889. The number of aromatic amines is 1. The third-order valence-corrected chi connectivity index (χ3v) is 4.78. The zero-order valence-corrected chi connectivity index (χ0v) is 14.5. The number of nitrogens with one attached hydrogen (secondary N) is 3. The van der Waals surface area contributed by atoms with Gasteiger partial charge in [0.05, 0.1) is 4.88 Å². The van der Waals surface area contributed by atoms with E-state index in [0.717, 1.165) is 16.5 Å². The highest BCUT2D eigenvalue weighted by Gasteiger charge is 2.16. The Hall–Kier alpha value is -2.67. The Morgan fingerprint density at radius 3 is 2.92 bits per heavy atom. The topological polar surface area (TPSA) is 74.0 Å². The van der Waals surface area contributed by atoms with Crippen LogP contribution in [0.2, 0.25) is 0 Å². The second kappa shape index (κ2) is 7.48. The minimum atomic E-state index is -0.619. The highest BCUT2D eigenvalue weighted by molar-refractivity contribution is 7.12. The second-order valence-corrected chi connectivity index (χ2v) is 6.66. The standard InChI is InChI=1S/C18H18FN3O2S/c1-11(22-18(24)16-3-2-8-25-16)17(23)20-7-6-12-10-21-15-9-13(19)4-5-14(12)15/h2-5,8-11,21H,6-7H2,1H3,(H,20,23)(H,22,24). The number of hydrogen-bond donors (Lipinski definition) is 3. The molecule has 1 atom stereocenters. The van der Waals surface area contributed by atoms with Gasteiger partial charge >= 0.3 is 0 Å². The third-order valence-electron chi connectivity index (χ3n) is 3.91. The molecule has 25 heavy (non-hydrogen) atoms. The van der Waals surface area contributed by atoms with Crippen molar-refractivity contribution in [1.29, 1.82) is 0 Å². The lowest BCUT2D eigenvalue weighted by Gasteiger charge is -2.13. The highest BCUT2D eigenvalue weighted by atomic mass is 32.1. The largest absolute Gasteiger partial charge is 0.361 e. The fourth-order valence-electron chi connectivity index (χ4n) is 2.58. The minimum absolute atomic E-state index is 0.240. The Kier molecular flexibility index (Phi) is 5.14. The molecule has 3 rings (SSSR count). The summed E-state index contributed by atoms with van der Waals surface area (Å²) >= 11 is 1.33. The van der Waals surface area contributed by atoms with E-state index in [1.54, 1.807) is 25.1 Å². The summed E-state index contributed by atoms with van der Waals surface area (Å²) in [5.41, 5.74) is 1.74. The van der Waals surface area contributed by atoms with E-state index in [1.807, 2.05) is 11.6 Å². The molecule has 1 aromatic carbocycles. The molecule has 130 valence electrons. The molecule has 2 amide bonds. The molecule has 0 saturated heterocycles. The number of halogens is 1. The van der Waals surface area contributed by atoms with Crippen LogP contribution in [-0.4, -0.2) is 29.4 Å². The fourth-order valence-corrected chi connectivity index (χ4v) is 3.21. The quantitative estimate of drug-likeness (QED) is 0.633. The molecule has 7 heteroatoms. The molecule has 0 aliphatic carbocycles. The molecule has 0 saturated carbocycles. The first kappa shape index (κ1) is 17.2. The van der Waals surface area contributed by atoms with Crippen molar-refractivity contribution < 1.29 is 14.0 Å². The maximum absolute atomic E-state index is 13.2. The Morgan fingerprint density at radius 2 is 2.16 bits per heavy atom. The first-order valence-electron chi connectivity index (χ1n) is 7.92. The first-order chi connectivity index (χ1) is 12.0. The van der Waals surface area contributed by atoms with Crippen molar-refractivity contribution in [3.05, 3.63) is 58.2 Å². The molecule has 2 aromatic heterocycles. The van der Waals surface area contributed by atoms with Crippen molar-refractivity contribution in [2.24, 2.45) is 0 Å².